The number of carbonyl (C=O) groups excluding carboxylic acids is 2. The Labute approximate surface area is 145 Å². The topological polar surface area (TPSA) is 55.4 Å². The van der Waals surface area contributed by atoms with Gasteiger partial charge < -0.3 is 10.1 Å². The molecule has 0 heterocycles. The SMILES string of the molecule is CCOC(=O)[C@@]1(NC(=O)c2ccccc2)C[C@@H]1Sc1ccccc1. The number of carbonyl (C=O) groups is 2. The zero-order valence-electron chi connectivity index (χ0n) is 13.4. The van der Waals surface area contributed by atoms with Crippen molar-refractivity contribution in [3.8, 4) is 0 Å². The quantitative estimate of drug-likeness (QED) is 0.819. The van der Waals surface area contributed by atoms with Crippen LogP contribution in [-0.4, -0.2) is 29.3 Å². The smallest absolute Gasteiger partial charge is 0.333 e. The van der Waals surface area contributed by atoms with Crippen LogP contribution >= 0.6 is 11.8 Å². The molecule has 0 saturated heterocycles. The van der Waals surface area contributed by atoms with Gasteiger partial charge >= 0.3 is 5.97 Å². The van der Waals surface area contributed by atoms with E-state index in [0.29, 0.717) is 18.6 Å². The first-order chi connectivity index (χ1) is 11.7. The fourth-order valence-electron chi connectivity index (χ4n) is 2.56. The van der Waals surface area contributed by atoms with Gasteiger partial charge in [0.05, 0.1) is 6.61 Å². The van der Waals surface area contributed by atoms with Crippen molar-refractivity contribution < 1.29 is 14.3 Å². The Bertz CT molecular complexity index is 720. The van der Waals surface area contributed by atoms with Crippen LogP contribution in [0.1, 0.15) is 23.7 Å². The van der Waals surface area contributed by atoms with Crippen molar-refractivity contribution in [2.45, 2.75) is 29.0 Å². The monoisotopic (exact) mass is 341 g/mol. The predicted octanol–water partition coefficient (Wildman–Crippen LogP) is 3.28. The number of ether oxygens (including phenoxy) is 1. The van der Waals surface area contributed by atoms with Gasteiger partial charge in [0, 0.05) is 15.7 Å². The fraction of sp³-hybridized carbons (Fsp3) is 0.263. The van der Waals surface area contributed by atoms with Crippen LogP contribution in [0.5, 0.6) is 0 Å². The molecule has 1 fully saturated rings. The summed E-state index contributed by atoms with van der Waals surface area (Å²) in [4.78, 5) is 26.0. The molecule has 1 N–H and O–H groups in total. The predicted molar refractivity (Wildman–Crippen MR) is 94.0 cm³/mol. The number of nitrogens with one attached hydrogen (secondary N) is 1. The molecule has 2 aromatic rings. The van der Waals surface area contributed by atoms with E-state index in [0.717, 1.165) is 4.90 Å². The Morgan fingerprint density at radius 3 is 2.38 bits per heavy atom. The highest BCUT2D eigenvalue weighted by Gasteiger charge is 2.63. The van der Waals surface area contributed by atoms with Gasteiger partial charge in [-0.05, 0) is 37.6 Å². The van der Waals surface area contributed by atoms with E-state index >= 15 is 0 Å². The molecule has 5 heteroatoms. The second-order valence-electron chi connectivity index (χ2n) is 5.64. The third-order valence-electron chi connectivity index (χ3n) is 3.93. The Balaban J connectivity index is 1.75. The molecule has 124 valence electrons. The van der Waals surface area contributed by atoms with Gasteiger partial charge in [-0.25, -0.2) is 4.79 Å². The first-order valence-corrected chi connectivity index (χ1v) is 8.80. The molecule has 0 spiro atoms. The Morgan fingerprint density at radius 2 is 1.75 bits per heavy atom. The molecule has 3 rings (SSSR count). The van der Waals surface area contributed by atoms with E-state index in [2.05, 4.69) is 5.32 Å². The molecular weight excluding hydrogens is 322 g/mol. The largest absolute Gasteiger partial charge is 0.464 e. The summed E-state index contributed by atoms with van der Waals surface area (Å²) in [5.41, 5.74) is -0.403. The number of amides is 1. The van der Waals surface area contributed by atoms with Crippen LogP contribution in [0.25, 0.3) is 0 Å². The lowest BCUT2D eigenvalue weighted by atomic mass is 10.2. The van der Waals surface area contributed by atoms with Gasteiger partial charge in [0.2, 0.25) is 0 Å². The van der Waals surface area contributed by atoms with Crippen molar-refractivity contribution in [1.29, 1.82) is 0 Å². The molecule has 24 heavy (non-hydrogen) atoms. The van der Waals surface area contributed by atoms with E-state index in [9.17, 15) is 9.59 Å². The number of thioether (sulfide) groups is 1. The minimum Gasteiger partial charge on any atom is -0.464 e. The minimum absolute atomic E-state index is 0.0217. The van der Waals surface area contributed by atoms with E-state index in [1.807, 2.05) is 36.4 Å². The van der Waals surface area contributed by atoms with Gasteiger partial charge in [0.25, 0.3) is 5.91 Å². The van der Waals surface area contributed by atoms with Crippen LogP contribution in [-0.2, 0) is 9.53 Å². The summed E-state index contributed by atoms with van der Waals surface area (Å²) in [6, 6.07) is 18.8. The van der Waals surface area contributed by atoms with Crippen molar-refractivity contribution in [2.75, 3.05) is 6.61 Å². The zero-order chi connectivity index (χ0) is 17.0. The van der Waals surface area contributed by atoms with Crippen molar-refractivity contribution in [3.05, 3.63) is 66.2 Å². The molecule has 1 aliphatic carbocycles. The Hall–Kier alpha value is -2.27. The van der Waals surface area contributed by atoms with Gasteiger partial charge in [-0.1, -0.05) is 36.4 Å². The number of esters is 1. The van der Waals surface area contributed by atoms with Gasteiger partial charge in [-0.15, -0.1) is 11.8 Å². The fourth-order valence-corrected chi connectivity index (χ4v) is 3.91. The lowest BCUT2D eigenvalue weighted by molar-refractivity contribution is -0.146. The van der Waals surface area contributed by atoms with Crippen LogP contribution in [0.4, 0.5) is 0 Å². The lowest BCUT2D eigenvalue weighted by Gasteiger charge is -2.18. The van der Waals surface area contributed by atoms with E-state index in [-0.39, 0.29) is 17.1 Å². The highest BCUT2D eigenvalue weighted by atomic mass is 32.2. The van der Waals surface area contributed by atoms with Crippen LogP contribution in [0.15, 0.2) is 65.6 Å². The standard InChI is InChI=1S/C19H19NO3S/c1-2-23-18(22)19(20-17(21)14-9-5-3-6-10-14)13-16(19)24-15-11-7-4-8-12-15/h3-12,16H,2,13H2,1H3,(H,20,21)/t16-,19+/m0/s1. The van der Waals surface area contributed by atoms with Crippen LogP contribution in [0.2, 0.25) is 0 Å². The summed E-state index contributed by atoms with van der Waals surface area (Å²) in [6.07, 6.45) is 0.573. The molecule has 0 bridgehead atoms. The van der Waals surface area contributed by atoms with E-state index < -0.39 is 5.54 Å². The highest BCUT2D eigenvalue weighted by molar-refractivity contribution is 8.00. The maximum atomic E-state index is 12.5. The number of hydrogen-bond acceptors (Lipinski definition) is 4. The highest BCUT2D eigenvalue weighted by Crippen LogP contribution is 2.49. The molecular formula is C19H19NO3S. The Morgan fingerprint density at radius 1 is 1.12 bits per heavy atom. The normalized spacial score (nSPS) is 21.8. The van der Waals surface area contributed by atoms with Gasteiger partial charge in [0.15, 0.2) is 5.54 Å². The Kier molecular flexibility index (Phi) is 4.90. The molecule has 0 radical (unpaired) electrons. The number of hydrogen-bond donors (Lipinski definition) is 1. The third-order valence-corrected chi connectivity index (χ3v) is 5.33. The van der Waals surface area contributed by atoms with Crippen molar-refractivity contribution >= 4 is 23.6 Å². The van der Waals surface area contributed by atoms with Crippen molar-refractivity contribution in [3.63, 3.8) is 0 Å². The van der Waals surface area contributed by atoms with Crippen LogP contribution in [0, 0.1) is 0 Å². The molecule has 0 aromatic heterocycles. The summed E-state index contributed by atoms with van der Waals surface area (Å²) in [5, 5.41) is 2.88. The number of benzene rings is 2. The second-order valence-corrected chi connectivity index (χ2v) is 6.91. The molecule has 1 saturated carbocycles. The molecule has 2 atom stereocenters. The maximum absolute atomic E-state index is 12.5. The number of rotatable bonds is 6. The lowest BCUT2D eigenvalue weighted by Crippen LogP contribution is -2.46. The summed E-state index contributed by atoms with van der Waals surface area (Å²) in [7, 11) is 0. The molecule has 1 aliphatic rings. The molecule has 1 amide bonds. The summed E-state index contributed by atoms with van der Waals surface area (Å²) >= 11 is 1.59. The molecule has 4 nitrogen and oxygen atoms in total. The molecule has 0 aliphatic heterocycles. The van der Waals surface area contributed by atoms with E-state index in [4.69, 9.17) is 4.74 Å². The van der Waals surface area contributed by atoms with E-state index in [1.165, 1.54) is 0 Å². The van der Waals surface area contributed by atoms with Crippen molar-refractivity contribution in [2.24, 2.45) is 0 Å². The first-order valence-electron chi connectivity index (χ1n) is 7.92. The second kappa shape index (κ2) is 7.09. The first kappa shape index (κ1) is 16.6. The van der Waals surface area contributed by atoms with Gasteiger partial charge in [0.1, 0.15) is 0 Å². The summed E-state index contributed by atoms with van der Waals surface area (Å²) < 4.78 is 5.21. The van der Waals surface area contributed by atoms with Crippen molar-refractivity contribution in [1.82, 2.24) is 5.32 Å². The average molecular weight is 341 g/mol. The zero-order valence-corrected chi connectivity index (χ0v) is 14.2. The van der Waals surface area contributed by atoms with E-state index in [1.54, 1.807) is 43.0 Å². The molecule has 0 unspecified atom stereocenters. The van der Waals surface area contributed by atoms with Gasteiger partial charge in [-0.3, -0.25) is 4.79 Å². The molecule has 2 aromatic carbocycles. The van der Waals surface area contributed by atoms with Crippen LogP contribution in [0.3, 0.4) is 0 Å². The maximum Gasteiger partial charge on any atom is 0.333 e. The summed E-state index contributed by atoms with van der Waals surface area (Å²) in [5.74, 6) is -0.609. The minimum atomic E-state index is -0.941. The third kappa shape index (κ3) is 3.46. The van der Waals surface area contributed by atoms with Gasteiger partial charge in [-0.2, -0.15) is 0 Å². The van der Waals surface area contributed by atoms with Crippen LogP contribution < -0.4 is 5.32 Å². The summed E-state index contributed by atoms with van der Waals surface area (Å²) in [6.45, 7) is 2.07. The average Bonchev–Trinajstić information content (AvgIpc) is 3.30.